The summed E-state index contributed by atoms with van der Waals surface area (Å²) in [6, 6.07) is 15.2. The maximum Gasteiger partial charge on any atom is 0.325 e. The molecule has 0 spiro atoms. The Morgan fingerprint density at radius 2 is 1.85 bits per heavy atom. The molecule has 0 unspecified atom stereocenters. The van der Waals surface area contributed by atoms with Gasteiger partial charge in [-0.25, -0.2) is 9.78 Å². The zero-order chi connectivity index (χ0) is 18.3. The van der Waals surface area contributed by atoms with Gasteiger partial charge in [-0.05, 0) is 31.0 Å². The van der Waals surface area contributed by atoms with E-state index in [4.69, 9.17) is 0 Å². The van der Waals surface area contributed by atoms with E-state index in [2.05, 4.69) is 10.3 Å². The third-order valence-corrected chi connectivity index (χ3v) is 5.90. The number of urea groups is 1. The average Bonchev–Trinajstić information content (AvgIpc) is 3.16. The molecule has 1 N–H and O–H groups in total. The number of hydrogen-bond donors (Lipinski definition) is 1. The second-order valence-electron chi connectivity index (χ2n) is 6.52. The standard InChI is InChI=1S/C20H19N3O2S/c1-3-20(14-10-8-13(2)9-11-14)18(24)23(19(25)22-20)12-17-21-15-6-4-5-7-16(15)26-17/h4-11H,3,12H2,1-2H3,(H,22,25)/t20-/m1/s1. The Bertz CT molecular complexity index is 963. The molecule has 1 aliphatic rings. The lowest BCUT2D eigenvalue weighted by Gasteiger charge is -2.25. The summed E-state index contributed by atoms with van der Waals surface area (Å²) in [5, 5.41) is 3.68. The number of carbonyl (C=O) groups excluding carboxylic acids is 2. The van der Waals surface area contributed by atoms with Crippen molar-refractivity contribution in [3.8, 4) is 0 Å². The van der Waals surface area contributed by atoms with Crippen molar-refractivity contribution in [2.45, 2.75) is 32.4 Å². The zero-order valence-corrected chi connectivity index (χ0v) is 15.5. The number of fused-ring (bicyclic) bond motifs is 1. The van der Waals surface area contributed by atoms with Gasteiger partial charge in [0.2, 0.25) is 0 Å². The number of hydrogen-bond acceptors (Lipinski definition) is 4. The van der Waals surface area contributed by atoms with Gasteiger partial charge in [0.25, 0.3) is 5.91 Å². The molecule has 0 radical (unpaired) electrons. The number of rotatable bonds is 4. The minimum atomic E-state index is -0.999. The normalized spacial score (nSPS) is 20.0. The maximum absolute atomic E-state index is 13.2. The summed E-state index contributed by atoms with van der Waals surface area (Å²) >= 11 is 1.51. The number of thiazole rings is 1. The molecule has 6 heteroatoms. The van der Waals surface area contributed by atoms with E-state index >= 15 is 0 Å². The number of aromatic nitrogens is 1. The average molecular weight is 365 g/mol. The zero-order valence-electron chi connectivity index (χ0n) is 14.7. The fraction of sp³-hybridized carbons (Fsp3) is 0.250. The maximum atomic E-state index is 13.2. The molecule has 1 fully saturated rings. The van der Waals surface area contributed by atoms with Crippen LogP contribution in [0.1, 0.15) is 29.5 Å². The Morgan fingerprint density at radius 1 is 1.12 bits per heavy atom. The van der Waals surface area contributed by atoms with Crippen molar-refractivity contribution >= 4 is 33.5 Å². The minimum absolute atomic E-state index is 0.192. The first kappa shape index (κ1) is 16.7. The van der Waals surface area contributed by atoms with Gasteiger partial charge in [-0.1, -0.05) is 48.9 Å². The van der Waals surface area contributed by atoms with Crippen molar-refractivity contribution in [3.63, 3.8) is 0 Å². The predicted octanol–water partition coefficient (Wildman–Crippen LogP) is 3.96. The monoisotopic (exact) mass is 365 g/mol. The van der Waals surface area contributed by atoms with Crippen LogP contribution in [0.3, 0.4) is 0 Å². The van der Waals surface area contributed by atoms with Gasteiger partial charge in [-0.15, -0.1) is 11.3 Å². The summed E-state index contributed by atoms with van der Waals surface area (Å²) in [6.45, 7) is 4.10. The molecule has 3 aromatic rings. The van der Waals surface area contributed by atoms with Crippen LogP contribution in [0.2, 0.25) is 0 Å². The Labute approximate surface area is 155 Å². The lowest BCUT2D eigenvalue weighted by Crippen LogP contribution is -2.43. The first-order valence-electron chi connectivity index (χ1n) is 8.59. The van der Waals surface area contributed by atoms with Crippen LogP contribution < -0.4 is 5.32 Å². The fourth-order valence-corrected chi connectivity index (χ4v) is 4.33. The van der Waals surface area contributed by atoms with Crippen molar-refractivity contribution in [2.24, 2.45) is 0 Å². The van der Waals surface area contributed by atoms with Crippen LogP contribution in [0, 0.1) is 6.92 Å². The predicted molar refractivity (Wildman–Crippen MR) is 102 cm³/mol. The number of carbonyl (C=O) groups is 2. The molecule has 0 saturated carbocycles. The van der Waals surface area contributed by atoms with Crippen LogP contribution in [0.5, 0.6) is 0 Å². The first-order valence-corrected chi connectivity index (χ1v) is 9.41. The smallest absolute Gasteiger partial charge is 0.319 e. The lowest BCUT2D eigenvalue weighted by molar-refractivity contribution is -0.132. The minimum Gasteiger partial charge on any atom is -0.319 e. The summed E-state index contributed by atoms with van der Waals surface area (Å²) in [5.74, 6) is -0.215. The van der Waals surface area contributed by atoms with Crippen molar-refractivity contribution in [1.29, 1.82) is 0 Å². The number of para-hydroxylation sites is 1. The van der Waals surface area contributed by atoms with Crippen LogP contribution in [0.25, 0.3) is 10.2 Å². The molecule has 1 saturated heterocycles. The van der Waals surface area contributed by atoms with Crippen LogP contribution in [-0.4, -0.2) is 21.8 Å². The van der Waals surface area contributed by atoms with Crippen molar-refractivity contribution in [1.82, 2.24) is 15.2 Å². The second kappa shape index (κ2) is 6.21. The van der Waals surface area contributed by atoms with E-state index in [1.165, 1.54) is 16.2 Å². The molecule has 3 amide bonds. The van der Waals surface area contributed by atoms with Crippen molar-refractivity contribution < 1.29 is 9.59 Å². The molecule has 1 aromatic heterocycles. The highest BCUT2D eigenvalue weighted by Crippen LogP contribution is 2.34. The van der Waals surface area contributed by atoms with Crippen molar-refractivity contribution in [3.05, 3.63) is 64.7 Å². The van der Waals surface area contributed by atoms with Crippen molar-refractivity contribution in [2.75, 3.05) is 0 Å². The van der Waals surface area contributed by atoms with Gasteiger partial charge in [-0.3, -0.25) is 9.69 Å². The number of aryl methyl sites for hydroxylation is 1. The fourth-order valence-electron chi connectivity index (χ4n) is 3.37. The summed E-state index contributed by atoms with van der Waals surface area (Å²) in [4.78, 5) is 31.6. The molecular formula is C20H19N3O2S. The molecule has 1 aliphatic heterocycles. The largest absolute Gasteiger partial charge is 0.325 e. The Morgan fingerprint density at radius 3 is 2.54 bits per heavy atom. The van der Waals surface area contributed by atoms with Gasteiger partial charge in [-0.2, -0.15) is 0 Å². The van der Waals surface area contributed by atoms with E-state index in [1.54, 1.807) is 0 Å². The van der Waals surface area contributed by atoms with Crippen LogP contribution in [0.15, 0.2) is 48.5 Å². The summed E-state index contributed by atoms with van der Waals surface area (Å²) in [7, 11) is 0. The Hall–Kier alpha value is -2.73. The van der Waals surface area contributed by atoms with E-state index in [9.17, 15) is 9.59 Å². The number of nitrogens with one attached hydrogen (secondary N) is 1. The number of imide groups is 1. The van der Waals surface area contributed by atoms with Crippen LogP contribution >= 0.6 is 11.3 Å². The molecule has 26 heavy (non-hydrogen) atoms. The van der Waals surface area contributed by atoms with E-state index in [-0.39, 0.29) is 18.5 Å². The van der Waals surface area contributed by atoms with E-state index < -0.39 is 5.54 Å². The molecular weight excluding hydrogens is 346 g/mol. The van der Waals surface area contributed by atoms with Gasteiger partial charge in [0, 0.05) is 0 Å². The van der Waals surface area contributed by atoms with Crippen LogP contribution in [-0.2, 0) is 16.9 Å². The number of nitrogens with zero attached hydrogens (tertiary/aromatic N) is 2. The third kappa shape index (κ3) is 2.57. The second-order valence-corrected chi connectivity index (χ2v) is 7.64. The van der Waals surface area contributed by atoms with Gasteiger partial charge < -0.3 is 5.32 Å². The first-order chi connectivity index (χ1) is 12.5. The SMILES string of the molecule is CC[C@]1(c2ccc(C)cc2)NC(=O)N(Cc2nc3ccccc3s2)C1=O. The number of amides is 3. The summed E-state index contributed by atoms with van der Waals surface area (Å²) in [6.07, 6.45) is 0.497. The Balaban J connectivity index is 1.66. The van der Waals surface area contributed by atoms with Crippen LogP contribution in [0.4, 0.5) is 4.79 Å². The highest BCUT2D eigenvalue weighted by atomic mass is 32.1. The Kier molecular flexibility index (Phi) is 4.00. The molecule has 1 atom stereocenters. The molecule has 0 aliphatic carbocycles. The molecule has 0 bridgehead atoms. The highest BCUT2D eigenvalue weighted by molar-refractivity contribution is 7.18. The topological polar surface area (TPSA) is 62.3 Å². The quantitative estimate of drug-likeness (QED) is 0.712. The highest BCUT2D eigenvalue weighted by Gasteiger charge is 2.51. The van der Waals surface area contributed by atoms with E-state index in [0.717, 1.165) is 26.4 Å². The number of benzene rings is 2. The summed E-state index contributed by atoms with van der Waals surface area (Å²) < 4.78 is 1.05. The van der Waals surface area contributed by atoms with Gasteiger partial charge in [0.05, 0.1) is 16.8 Å². The van der Waals surface area contributed by atoms with Gasteiger partial charge in [0.15, 0.2) is 0 Å². The molecule has 132 valence electrons. The molecule has 2 heterocycles. The molecule has 2 aromatic carbocycles. The van der Waals surface area contributed by atoms with Gasteiger partial charge >= 0.3 is 6.03 Å². The van der Waals surface area contributed by atoms with E-state index in [0.29, 0.717) is 6.42 Å². The van der Waals surface area contributed by atoms with Gasteiger partial charge in [0.1, 0.15) is 10.5 Å². The summed E-state index contributed by atoms with van der Waals surface area (Å²) in [5.41, 5.74) is 1.82. The molecule has 5 nitrogen and oxygen atoms in total. The molecule has 4 rings (SSSR count). The lowest BCUT2D eigenvalue weighted by atomic mass is 9.87. The van der Waals surface area contributed by atoms with E-state index in [1.807, 2.05) is 62.4 Å². The third-order valence-electron chi connectivity index (χ3n) is 4.88.